The molecule has 0 saturated carbocycles. The van der Waals surface area contributed by atoms with Crippen LogP contribution in [0.5, 0.6) is 5.75 Å². The van der Waals surface area contributed by atoms with Crippen molar-refractivity contribution in [3.05, 3.63) is 66.7 Å². The predicted molar refractivity (Wildman–Crippen MR) is 94.1 cm³/mol. The Kier molecular flexibility index (Phi) is 5.09. The molecule has 0 heterocycles. The van der Waals surface area contributed by atoms with Crippen molar-refractivity contribution in [2.45, 2.75) is 6.61 Å². The minimum atomic E-state index is -2.95. The zero-order valence-corrected chi connectivity index (χ0v) is 13.2. The summed E-state index contributed by atoms with van der Waals surface area (Å²) in [7, 11) is 0. The summed E-state index contributed by atoms with van der Waals surface area (Å²) in [6.45, 7) is -2.95. The minimum Gasteiger partial charge on any atom is -0.433 e. The second-order valence-electron chi connectivity index (χ2n) is 5.34. The van der Waals surface area contributed by atoms with E-state index in [1.807, 2.05) is 42.5 Å². The zero-order valence-electron chi connectivity index (χ0n) is 13.2. The van der Waals surface area contributed by atoms with E-state index in [0.29, 0.717) is 0 Å². The number of anilines is 2. The van der Waals surface area contributed by atoms with Crippen molar-refractivity contribution in [2.24, 2.45) is 0 Å². The Balaban J connectivity index is 1.63. The van der Waals surface area contributed by atoms with E-state index in [9.17, 15) is 13.6 Å². The first-order valence-electron chi connectivity index (χ1n) is 7.68. The van der Waals surface area contributed by atoms with Crippen LogP contribution < -0.4 is 15.4 Å². The monoisotopic (exact) mass is 342 g/mol. The van der Waals surface area contributed by atoms with Gasteiger partial charge in [0.05, 0.1) is 12.2 Å². The van der Waals surface area contributed by atoms with Crippen LogP contribution >= 0.6 is 0 Å². The van der Waals surface area contributed by atoms with E-state index in [1.54, 1.807) is 12.1 Å². The molecule has 4 nitrogen and oxygen atoms in total. The van der Waals surface area contributed by atoms with Crippen molar-refractivity contribution in [1.82, 2.24) is 0 Å². The summed E-state index contributed by atoms with van der Waals surface area (Å²) in [6, 6.07) is 19.7. The molecule has 0 atom stereocenters. The fourth-order valence-corrected chi connectivity index (χ4v) is 2.44. The molecule has 0 radical (unpaired) electrons. The van der Waals surface area contributed by atoms with Gasteiger partial charge >= 0.3 is 6.61 Å². The number of nitrogens with one attached hydrogen (secondary N) is 2. The maximum absolute atomic E-state index is 12.4. The molecule has 0 fully saturated rings. The van der Waals surface area contributed by atoms with Crippen molar-refractivity contribution in [1.29, 1.82) is 0 Å². The average molecular weight is 342 g/mol. The van der Waals surface area contributed by atoms with Crippen LogP contribution in [0, 0.1) is 0 Å². The first kappa shape index (κ1) is 16.7. The molecule has 0 aliphatic carbocycles. The van der Waals surface area contributed by atoms with Gasteiger partial charge in [0, 0.05) is 5.69 Å². The summed E-state index contributed by atoms with van der Waals surface area (Å²) >= 11 is 0. The third-order valence-corrected chi connectivity index (χ3v) is 3.58. The fraction of sp³-hybridized carbons (Fsp3) is 0.105. The lowest BCUT2D eigenvalue weighted by molar-refractivity contribution is -0.114. The lowest BCUT2D eigenvalue weighted by Crippen LogP contribution is -2.22. The summed E-state index contributed by atoms with van der Waals surface area (Å²) in [5.41, 5.74) is 0.999. The SMILES string of the molecule is O=C(CNc1ccc2ccccc2c1)Nc1ccccc1OC(F)F. The first-order valence-corrected chi connectivity index (χ1v) is 7.68. The summed E-state index contributed by atoms with van der Waals surface area (Å²) in [6.07, 6.45) is 0. The van der Waals surface area contributed by atoms with E-state index in [-0.39, 0.29) is 23.9 Å². The van der Waals surface area contributed by atoms with Crippen LogP contribution in [0.1, 0.15) is 0 Å². The number of carbonyl (C=O) groups excluding carboxylic acids is 1. The number of para-hydroxylation sites is 2. The highest BCUT2D eigenvalue weighted by atomic mass is 19.3. The van der Waals surface area contributed by atoms with Gasteiger partial charge in [-0.25, -0.2) is 0 Å². The van der Waals surface area contributed by atoms with Crippen LogP contribution in [0.3, 0.4) is 0 Å². The fourth-order valence-electron chi connectivity index (χ4n) is 2.44. The number of ether oxygens (including phenoxy) is 1. The highest BCUT2D eigenvalue weighted by molar-refractivity contribution is 5.95. The lowest BCUT2D eigenvalue weighted by atomic mass is 10.1. The Bertz CT molecular complexity index is 884. The molecule has 1 amide bonds. The molecule has 25 heavy (non-hydrogen) atoms. The summed E-state index contributed by atoms with van der Waals surface area (Å²) in [4.78, 5) is 12.1. The van der Waals surface area contributed by atoms with E-state index < -0.39 is 6.61 Å². The molecule has 0 aliphatic heterocycles. The molecule has 2 N–H and O–H groups in total. The number of alkyl halides is 2. The average Bonchev–Trinajstić information content (AvgIpc) is 2.61. The third-order valence-electron chi connectivity index (χ3n) is 3.58. The van der Waals surface area contributed by atoms with Crippen LogP contribution in [0.2, 0.25) is 0 Å². The van der Waals surface area contributed by atoms with E-state index >= 15 is 0 Å². The van der Waals surface area contributed by atoms with Gasteiger partial charge in [-0.1, -0.05) is 42.5 Å². The molecule has 0 saturated heterocycles. The Morgan fingerprint density at radius 3 is 2.48 bits per heavy atom. The number of benzene rings is 3. The van der Waals surface area contributed by atoms with Gasteiger partial charge < -0.3 is 15.4 Å². The second kappa shape index (κ2) is 7.61. The standard InChI is InChI=1S/C19H16F2N2O2/c20-19(21)25-17-8-4-3-7-16(17)23-18(24)12-22-15-10-9-13-5-1-2-6-14(13)11-15/h1-11,19,22H,12H2,(H,23,24). The van der Waals surface area contributed by atoms with Gasteiger partial charge in [0.2, 0.25) is 5.91 Å². The van der Waals surface area contributed by atoms with E-state index in [4.69, 9.17) is 0 Å². The zero-order chi connectivity index (χ0) is 17.6. The van der Waals surface area contributed by atoms with Crippen molar-refractivity contribution in [3.63, 3.8) is 0 Å². The molecule has 3 rings (SSSR count). The van der Waals surface area contributed by atoms with Gasteiger partial charge in [0.25, 0.3) is 0 Å². The number of rotatable bonds is 6. The molecule has 0 bridgehead atoms. The summed E-state index contributed by atoms with van der Waals surface area (Å²) in [5.74, 6) is -0.435. The molecule has 0 aliphatic rings. The molecule has 0 spiro atoms. The van der Waals surface area contributed by atoms with Crippen molar-refractivity contribution in [3.8, 4) is 5.75 Å². The summed E-state index contributed by atoms with van der Waals surface area (Å²) in [5, 5.41) is 7.75. The smallest absolute Gasteiger partial charge is 0.387 e. The number of fused-ring (bicyclic) bond motifs is 1. The van der Waals surface area contributed by atoms with Gasteiger partial charge in [0.1, 0.15) is 5.75 Å². The van der Waals surface area contributed by atoms with Gasteiger partial charge in [-0.3, -0.25) is 4.79 Å². The van der Waals surface area contributed by atoms with Crippen LogP contribution in [-0.4, -0.2) is 19.1 Å². The number of hydrogen-bond acceptors (Lipinski definition) is 3. The van der Waals surface area contributed by atoms with Crippen LogP contribution in [0.4, 0.5) is 20.2 Å². The number of amides is 1. The van der Waals surface area contributed by atoms with Crippen LogP contribution in [0.15, 0.2) is 66.7 Å². The molecular weight excluding hydrogens is 326 g/mol. The van der Waals surface area contributed by atoms with E-state index in [0.717, 1.165) is 16.5 Å². The predicted octanol–water partition coefficient (Wildman–Crippen LogP) is 4.49. The molecule has 3 aromatic rings. The van der Waals surface area contributed by atoms with Gasteiger partial charge in [-0.2, -0.15) is 8.78 Å². The largest absolute Gasteiger partial charge is 0.433 e. The molecular formula is C19H16F2N2O2. The maximum Gasteiger partial charge on any atom is 0.387 e. The van der Waals surface area contributed by atoms with Crippen LogP contribution in [0.25, 0.3) is 10.8 Å². The number of carbonyl (C=O) groups is 1. The van der Waals surface area contributed by atoms with Gasteiger partial charge in [0.15, 0.2) is 0 Å². The van der Waals surface area contributed by atoms with E-state index in [2.05, 4.69) is 15.4 Å². The Hall–Kier alpha value is -3.15. The number of halogens is 2. The highest BCUT2D eigenvalue weighted by Crippen LogP contribution is 2.25. The number of hydrogen-bond donors (Lipinski definition) is 2. The molecule has 3 aromatic carbocycles. The lowest BCUT2D eigenvalue weighted by Gasteiger charge is -2.12. The normalized spacial score (nSPS) is 10.7. The van der Waals surface area contributed by atoms with Crippen LogP contribution in [-0.2, 0) is 4.79 Å². The van der Waals surface area contributed by atoms with Gasteiger partial charge in [-0.15, -0.1) is 0 Å². The van der Waals surface area contributed by atoms with Crippen molar-refractivity contribution < 1.29 is 18.3 Å². The Morgan fingerprint density at radius 1 is 0.960 bits per heavy atom. The van der Waals surface area contributed by atoms with Crippen molar-refractivity contribution >= 4 is 28.1 Å². The quantitative estimate of drug-likeness (QED) is 0.694. The van der Waals surface area contributed by atoms with E-state index in [1.165, 1.54) is 12.1 Å². The maximum atomic E-state index is 12.4. The third kappa shape index (κ3) is 4.44. The topological polar surface area (TPSA) is 50.4 Å². The van der Waals surface area contributed by atoms with Crippen molar-refractivity contribution in [2.75, 3.05) is 17.2 Å². The molecule has 128 valence electrons. The Labute approximate surface area is 143 Å². The molecule has 0 unspecified atom stereocenters. The second-order valence-corrected chi connectivity index (χ2v) is 5.34. The summed E-state index contributed by atoms with van der Waals surface area (Å²) < 4.78 is 29.2. The molecule has 0 aromatic heterocycles. The first-order chi connectivity index (χ1) is 12.1. The highest BCUT2D eigenvalue weighted by Gasteiger charge is 2.11. The Morgan fingerprint density at radius 2 is 1.68 bits per heavy atom. The minimum absolute atomic E-state index is 0.00134. The molecule has 6 heteroatoms. The van der Waals surface area contributed by atoms with Gasteiger partial charge in [-0.05, 0) is 35.0 Å².